The van der Waals surface area contributed by atoms with Gasteiger partial charge in [0.25, 0.3) is 0 Å². The lowest BCUT2D eigenvalue weighted by Crippen LogP contribution is -2.38. The minimum absolute atomic E-state index is 0.203. The van der Waals surface area contributed by atoms with Gasteiger partial charge in [-0.25, -0.2) is 9.59 Å². The maximum atomic E-state index is 11.2. The van der Waals surface area contributed by atoms with E-state index in [1.807, 2.05) is 6.92 Å². The second-order valence-electron chi connectivity index (χ2n) is 4.79. The topological polar surface area (TPSA) is 52.6 Å². The summed E-state index contributed by atoms with van der Waals surface area (Å²) in [6.45, 7) is 13.2. The molecule has 0 fully saturated rings. The molecule has 0 heterocycles. The molecular formula is C15H24O4. The quantitative estimate of drug-likeness (QED) is 0.476. The molecule has 0 bridgehead atoms. The van der Waals surface area contributed by atoms with Gasteiger partial charge in [0, 0.05) is 17.6 Å². The van der Waals surface area contributed by atoms with Gasteiger partial charge in [0.2, 0.25) is 0 Å². The van der Waals surface area contributed by atoms with Crippen LogP contribution in [0.4, 0.5) is 0 Å². The molecule has 108 valence electrons. The van der Waals surface area contributed by atoms with E-state index in [-0.39, 0.29) is 13.2 Å². The van der Waals surface area contributed by atoms with Gasteiger partial charge in [-0.3, -0.25) is 0 Å². The van der Waals surface area contributed by atoms with E-state index in [0.717, 1.165) is 25.0 Å². The minimum atomic E-state index is -0.466. The van der Waals surface area contributed by atoms with Crippen LogP contribution in [0.15, 0.2) is 25.3 Å². The lowest BCUT2D eigenvalue weighted by Gasteiger charge is -2.35. The van der Waals surface area contributed by atoms with Crippen LogP contribution in [0, 0.1) is 11.3 Å². The summed E-state index contributed by atoms with van der Waals surface area (Å²) in [5.74, 6) is -0.637. The van der Waals surface area contributed by atoms with Crippen molar-refractivity contribution in [3.8, 4) is 0 Å². The maximum absolute atomic E-state index is 11.2. The normalized spacial score (nSPS) is 10.9. The fraction of sp³-hybridized carbons (Fsp3) is 0.600. The van der Waals surface area contributed by atoms with Crippen molar-refractivity contribution in [2.45, 2.75) is 33.6 Å². The molecule has 0 atom stereocenters. The summed E-state index contributed by atoms with van der Waals surface area (Å²) < 4.78 is 10.3. The second kappa shape index (κ2) is 8.51. The molecule has 0 aliphatic carbocycles. The first-order valence-corrected chi connectivity index (χ1v) is 6.51. The Balaban J connectivity index is 4.78. The fourth-order valence-electron chi connectivity index (χ4n) is 2.14. The molecule has 0 aliphatic rings. The van der Waals surface area contributed by atoms with E-state index in [4.69, 9.17) is 9.47 Å². The Morgan fingerprint density at radius 2 is 1.42 bits per heavy atom. The van der Waals surface area contributed by atoms with Crippen molar-refractivity contribution in [2.24, 2.45) is 11.3 Å². The molecule has 0 amide bonds. The third-order valence-electron chi connectivity index (χ3n) is 3.39. The highest BCUT2D eigenvalue weighted by atomic mass is 16.5. The van der Waals surface area contributed by atoms with Gasteiger partial charge in [0.1, 0.15) is 13.2 Å². The Kier molecular flexibility index (Phi) is 7.80. The van der Waals surface area contributed by atoms with Crippen LogP contribution in [-0.4, -0.2) is 25.2 Å². The van der Waals surface area contributed by atoms with Crippen molar-refractivity contribution in [3.63, 3.8) is 0 Å². The summed E-state index contributed by atoms with van der Waals surface area (Å²) in [4.78, 5) is 22.4. The van der Waals surface area contributed by atoms with Crippen LogP contribution >= 0.6 is 0 Å². The van der Waals surface area contributed by atoms with Crippen LogP contribution in [0.25, 0.3) is 0 Å². The van der Waals surface area contributed by atoms with E-state index < -0.39 is 17.4 Å². The minimum Gasteiger partial charge on any atom is -0.462 e. The highest BCUT2D eigenvalue weighted by Crippen LogP contribution is 2.33. The first kappa shape index (κ1) is 17.4. The van der Waals surface area contributed by atoms with Crippen molar-refractivity contribution >= 4 is 11.9 Å². The predicted molar refractivity (Wildman–Crippen MR) is 74.5 cm³/mol. The highest BCUT2D eigenvalue weighted by Gasteiger charge is 2.35. The number of carbonyl (C=O) groups excluding carboxylic acids is 2. The molecule has 19 heavy (non-hydrogen) atoms. The number of carbonyl (C=O) groups is 2. The molecule has 0 unspecified atom stereocenters. The van der Waals surface area contributed by atoms with Crippen LogP contribution in [0.3, 0.4) is 0 Å². The summed E-state index contributed by atoms with van der Waals surface area (Å²) in [6.07, 6.45) is 4.10. The van der Waals surface area contributed by atoms with Crippen LogP contribution < -0.4 is 0 Å². The lowest BCUT2D eigenvalue weighted by molar-refractivity contribution is -0.150. The molecule has 0 rings (SSSR count). The third kappa shape index (κ3) is 5.73. The van der Waals surface area contributed by atoms with E-state index in [0.29, 0.717) is 5.92 Å². The van der Waals surface area contributed by atoms with Crippen LogP contribution in [0.2, 0.25) is 0 Å². The van der Waals surface area contributed by atoms with Crippen molar-refractivity contribution < 1.29 is 19.1 Å². The van der Waals surface area contributed by atoms with Crippen LogP contribution in [0.5, 0.6) is 0 Å². The van der Waals surface area contributed by atoms with Crippen LogP contribution in [-0.2, 0) is 19.1 Å². The molecule has 0 saturated heterocycles. The predicted octanol–water partition coefficient (Wildman–Crippen LogP) is 2.89. The summed E-state index contributed by atoms with van der Waals surface area (Å²) in [7, 11) is 0. The van der Waals surface area contributed by atoms with Gasteiger partial charge in [0.15, 0.2) is 0 Å². The van der Waals surface area contributed by atoms with E-state index in [9.17, 15) is 9.59 Å². The Bertz CT molecular complexity index is 305. The van der Waals surface area contributed by atoms with Gasteiger partial charge in [-0.15, -0.1) is 0 Å². The molecule has 4 heteroatoms. The molecule has 0 aromatic carbocycles. The number of ether oxygens (including phenoxy) is 2. The van der Waals surface area contributed by atoms with Gasteiger partial charge >= 0.3 is 11.9 Å². The molecule has 0 saturated carbocycles. The summed E-state index contributed by atoms with van der Waals surface area (Å²) in [6, 6.07) is 0. The number of rotatable bonds is 9. The molecule has 0 aromatic heterocycles. The second-order valence-corrected chi connectivity index (χ2v) is 4.79. The van der Waals surface area contributed by atoms with Gasteiger partial charge in [-0.2, -0.15) is 0 Å². The maximum Gasteiger partial charge on any atom is 0.330 e. The van der Waals surface area contributed by atoms with Gasteiger partial charge in [0.05, 0.1) is 0 Å². The van der Waals surface area contributed by atoms with Gasteiger partial charge < -0.3 is 9.47 Å². The Labute approximate surface area is 115 Å². The van der Waals surface area contributed by atoms with E-state index in [1.54, 1.807) is 0 Å². The van der Waals surface area contributed by atoms with Gasteiger partial charge in [-0.05, 0) is 5.92 Å². The Hall–Kier alpha value is -1.58. The van der Waals surface area contributed by atoms with Crippen molar-refractivity contribution in [3.05, 3.63) is 25.3 Å². The van der Waals surface area contributed by atoms with Crippen molar-refractivity contribution in [1.29, 1.82) is 0 Å². The molecule has 0 N–H and O–H groups in total. The molecule has 4 nitrogen and oxygen atoms in total. The highest BCUT2D eigenvalue weighted by molar-refractivity contribution is 5.81. The van der Waals surface area contributed by atoms with E-state index in [2.05, 4.69) is 27.0 Å². The standard InChI is InChI=1S/C15H24O4/c1-6-12(7-2)15(5,10-18-13(16)8-3)11-19-14(17)9-4/h8-9,12H,3-4,6-7,10-11H2,1-2,5H3. The molecule has 0 radical (unpaired) electrons. The zero-order valence-electron chi connectivity index (χ0n) is 12.1. The third-order valence-corrected chi connectivity index (χ3v) is 3.39. The smallest absolute Gasteiger partial charge is 0.330 e. The first-order valence-electron chi connectivity index (χ1n) is 6.51. The van der Waals surface area contributed by atoms with Crippen molar-refractivity contribution in [1.82, 2.24) is 0 Å². The molecule has 0 aliphatic heterocycles. The zero-order chi connectivity index (χ0) is 14.9. The largest absolute Gasteiger partial charge is 0.462 e. The van der Waals surface area contributed by atoms with Gasteiger partial charge in [-0.1, -0.05) is 46.8 Å². The number of hydrogen-bond donors (Lipinski definition) is 0. The first-order chi connectivity index (χ1) is 8.93. The molecule has 0 aromatic rings. The van der Waals surface area contributed by atoms with Crippen molar-refractivity contribution in [2.75, 3.05) is 13.2 Å². The average Bonchev–Trinajstić information content (AvgIpc) is 2.43. The average molecular weight is 268 g/mol. The summed E-state index contributed by atoms with van der Waals surface area (Å²) in [5.41, 5.74) is -0.402. The molecule has 0 spiro atoms. The Morgan fingerprint density at radius 1 is 1.05 bits per heavy atom. The fourth-order valence-corrected chi connectivity index (χ4v) is 2.14. The lowest BCUT2D eigenvalue weighted by atomic mass is 9.75. The van der Waals surface area contributed by atoms with Crippen LogP contribution in [0.1, 0.15) is 33.6 Å². The van der Waals surface area contributed by atoms with E-state index in [1.165, 1.54) is 0 Å². The zero-order valence-corrected chi connectivity index (χ0v) is 12.1. The number of hydrogen-bond acceptors (Lipinski definition) is 4. The molecular weight excluding hydrogens is 244 g/mol. The van der Waals surface area contributed by atoms with E-state index >= 15 is 0 Å². The summed E-state index contributed by atoms with van der Waals surface area (Å²) >= 11 is 0. The monoisotopic (exact) mass is 268 g/mol. The number of esters is 2. The SMILES string of the molecule is C=CC(=O)OCC(C)(COC(=O)C=C)C(CC)CC. The summed E-state index contributed by atoms with van der Waals surface area (Å²) in [5, 5.41) is 0. The Morgan fingerprint density at radius 3 is 1.68 bits per heavy atom.